The van der Waals surface area contributed by atoms with Crippen molar-refractivity contribution in [3.8, 4) is 0 Å². The number of ether oxygens (including phenoxy) is 1. The fourth-order valence-electron chi connectivity index (χ4n) is 3.92. The first-order valence-corrected chi connectivity index (χ1v) is 12.6. The Hall–Kier alpha value is -3.06. The predicted molar refractivity (Wildman–Crippen MR) is 144 cm³/mol. The molecule has 0 spiro atoms. The third kappa shape index (κ3) is 7.47. The van der Waals surface area contributed by atoms with E-state index < -0.39 is 29.7 Å². The van der Waals surface area contributed by atoms with Crippen LogP contribution >= 0.6 is 11.6 Å². The van der Waals surface area contributed by atoms with Crippen molar-refractivity contribution >= 4 is 35.2 Å². The zero-order valence-corrected chi connectivity index (χ0v) is 23.2. The zero-order chi connectivity index (χ0) is 27.2. The van der Waals surface area contributed by atoms with Gasteiger partial charge < -0.3 is 20.3 Å². The minimum Gasteiger partial charge on any atom is -0.444 e. The molecule has 3 amide bonds. The second kappa shape index (κ2) is 12.3. The lowest BCUT2D eigenvalue weighted by atomic mass is 9.96. The minimum absolute atomic E-state index is 0.242. The number of anilines is 1. The maximum atomic E-state index is 13.9. The normalized spacial score (nSPS) is 13.1. The van der Waals surface area contributed by atoms with Crippen molar-refractivity contribution in [1.29, 1.82) is 0 Å². The zero-order valence-electron chi connectivity index (χ0n) is 22.4. The first-order valence-electron chi connectivity index (χ1n) is 12.2. The molecule has 36 heavy (non-hydrogen) atoms. The molecule has 196 valence electrons. The summed E-state index contributed by atoms with van der Waals surface area (Å²) in [7, 11) is 0. The van der Waals surface area contributed by atoms with Crippen LogP contribution in [-0.4, -0.2) is 41.0 Å². The summed E-state index contributed by atoms with van der Waals surface area (Å²) in [6.07, 6.45) is -0.686. The van der Waals surface area contributed by atoms with Crippen LogP contribution in [0.2, 0.25) is 5.02 Å². The molecule has 2 unspecified atom stereocenters. The van der Waals surface area contributed by atoms with E-state index in [9.17, 15) is 14.4 Å². The second-order valence-corrected chi connectivity index (χ2v) is 10.6. The van der Waals surface area contributed by atoms with Gasteiger partial charge in [-0.15, -0.1) is 0 Å². The predicted octanol–water partition coefficient (Wildman–Crippen LogP) is 6.03. The number of carbonyl (C=O) groups is 3. The summed E-state index contributed by atoms with van der Waals surface area (Å²) in [6, 6.07) is 11.0. The number of hydrogen-bond donors (Lipinski definition) is 2. The molecule has 8 heteroatoms. The molecule has 7 nitrogen and oxygen atoms in total. The number of para-hydroxylation sites is 1. The van der Waals surface area contributed by atoms with E-state index in [1.807, 2.05) is 71.0 Å². The number of benzene rings is 2. The molecule has 2 atom stereocenters. The van der Waals surface area contributed by atoms with Gasteiger partial charge in [0, 0.05) is 6.54 Å². The van der Waals surface area contributed by atoms with E-state index >= 15 is 0 Å². The van der Waals surface area contributed by atoms with Gasteiger partial charge >= 0.3 is 6.09 Å². The maximum absolute atomic E-state index is 13.9. The summed E-state index contributed by atoms with van der Waals surface area (Å²) in [5.74, 6) is -1.02. The van der Waals surface area contributed by atoms with Crippen LogP contribution in [0.3, 0.4) is 0 Å². The molecular weight excluding hydrogens is 478 g/mol. The van der Waals surface area contributed by atoms with Crippen molar-refractivity contribution in [2.45, 2.75) is 73.1 Å². The van der Waals surface area contributed by atoms with Crippen LogP contribution < -0.4 is 10.6 Å². The summed E-state index contributed by atoms with van der Waals surface area (Å²) >= 11 is 6.38. The molecule has 0 aliphatic rings. The Morgan fingerprint density at radius 3 is 2.14 bits per heavy atom. The van der Waals surface area contributed by atoms with Gasteiger partial charge in [0.15, 0.2) is 0 Å². The quantitative estimate of drug-likeness (QED) is 0.449. The van der Waals surface area contributed by atoms with Crippen molar-refractivity contribution in [1.82, 2.24) is 10.2 Å². The Morgan fingerprint density at radius 1 is 1.00 bits per heavy atom. The van der Waals surface area contributed by atoms with Crippen LogP contribution in [0.1, 0.15) is 64.3 Å². The van der Waals surface area contributed by atoms with E-state index in [1.54, 1.807) is 26.8 Å². The third-order valence-electron chi connectivity index (χ3n) is 5.74. The van der Waals surface area contributed by atoms with Gasteiger partial charge in [0.1, 0.15) is 17.7 Å². The molecule has 2 aromatic rings. The van der Waals surface area contributed by atoms with Crippen LogP contribution in [-0.2, 0) is 14.3 Å². The highest BCUT2D eigenvalue weighted by Gasteiger charge is 2.37. The fraction of sp³-hybridized carbons (Fsp3) is 0.464. The molecule has 0 aliphatic carbocycles. The monoisotopic (exact) mass is 515 g/mol. The van der Waals surface area contributed by atoms with Crippen molar-refractivity contribution in [3.63, 3.8) is 0 Å². The topological polar surface area (TPSA) is 87.7 Å². The highest BCUT2D eigenvalue weighted by Crippen LogP contribution is 2.30. The van der Waals surface area contributed by atoms with Gasteiger partial charge in [0.05, 0.1) is 10.7 Å². The van der Waals surface area contributed by atoms with E-state index in [4.69, 9.17) is 16.3 Å². The average molecular weight is 516 g/mol. The molecule has 0 bridgehead atoms. The molecule has 0 saturated carbocycles. The fourth-order valence-corrected chi connectivity index (χ4v) is 4.19. The third-order valence-corrected chi connectivity index (χ3v) is 6.06. The van der Waals surface area contributed by atoms with Gasteiger partial charge in [-0.1, -0.05) is 61.8 Å². The summed E-state index contributed by atoms with van der Waals surface area (Å²) in [4.78, 5) is 41.7. The van der Waals surface area contributed by atoms with Crippen LogP contribution in [0.4, 0.5) is 10.5 Å². The van der Waals surface area contributed by atoms with Crippen LogP contribution in [0, 0.1) is 19.8 Å². The van der Waals surface area contributed by atoms with E-state index in [0.717, 1.165) is 11.1 Å². The van der Waals surface area contributed by atoms with Crippen molar-refractivity contribution in [2.24, 2.45) is 5.92 Å². The van der Waals surface area contributed by atoms with Gasteiger partial charge in [0.2, 0.25) is 5.91 Å². The number of carbonyl (C=O) groups excluding carboxylic acids is 3. The van der Waals surface area contributed by atoms with E-state index in [2.05, 4.69) is 10.6 Å². The van der Waals surface area contributed by atoms with Crippen LogP contribution in [0.5, 0.6) is 0 Å². The molecular formula is C28H38ClN3O4. The number of likely N-dealkylation sites (N-methyl/N-ethyl adjacent to an activating group) is 1. The second-order valence-electron chi connectivity index (χ2n) is 10.2. The van der Waals surface area contributed by atoms with Crippen molar-refractivity contribution in [2.75, 3.05) is 11.9 Å². The van der Waals surface area contributed by atoms with Gasteiger partial charge in [-0.2, -0.15) is 0 Å². The molecule has 0 aromatic heterocycles. The molecule has 0 saturated heterocycles. The molecule has 0 heterocycles. The molecule has 2 aromatic carbocycles. The molecule has 0 aliphatic heterocycles. The Kier molecular flexibility index (Phi) is 9.93. The summed E-state index contributed by atoms with van der Waals surface area (Å²) in [5, 5.41) is 6.06. The van der Waals surface area contributed by atoms with Gasteiger partial charge in [-0.3, -0.25) is 9.59 Å². The van der Waals surface area contributed by atoms with Crippen molar-refractivity contribution < 1.29 is 19.1 Å². The van der Waals surface area contributed by atoms with E-state index in [-0.39, 0.29) is 18.4 Å². The van der Waals surface area contributed by atoms with Crippen LogP contribution in [0.25, 0.3) is 0 Å². The van der Waals surface area contributed by atoms with Gasteiger partial charge in [-0.05, 0) is 70.2 Å². The van der Waals surface area contributed by atoms with Crippen molar-refractivity contribution in [3.05, 3.63) is 64.2 Å². The standard InChI is InChI=1S/C28H38ClN3O4/c1-9-32(26(34)22(17(2)3)31-27(35)36-28(6,7)8)24(20-15-11-10-13-18(20)4)25(33)30-23-19(5)14-12-16-21(23)29/h10-17,22,24H,9H2,1-8H3,(H,30,33)(H,31,35). The van der Waals surface area contributed by atoms with E-state index in [1.165, 1.54) is 4.90 Å². The highest BCUT2D eigenvalue weighted by atomic mass is 35.5. The number of amides is 3. The van der Waals surface area contributed by atoms with Gasteiger partial charge in [-0.25, -0.2) is 4.79 Å². The SMILES string of the molecule is CCN(C(=O)C(NC(=O)OC(C)(C)C)C(C)C)C(C(=O)Nc1c(C)cccc1Cl)c1ccccc1C. The molecule has 0 fully saturated rings. The van der Waals surface area contributed by atoms with Gasteiger partial charge in [0.25, 0.3) is 5.91 Å². The average Bonchev–Trinajstić information content (AvgIpc) is 2.77. The Bertz CT molecular complexity index is 1070. The lowest BCUT2D eigenvalue weighted by Gasteiger charge is -2.35. The Labute approximate surface area is 219 Å². The maximum Gasteiger partial charge on any atom is 0.408 e. The lowest BCUT2D eigenvalue weighted by Crippen LogP contribution is -2.54. The molecule has 2 rings (SSSR count). The number of nitrogens with zero attached hydrogens (tertiary/aromatic N) is 1. The summed E-state index contributed by atoms with van der Waals surface area (Å²) in [6.45, 7) is 14.7. The number of halogens is 1. The Morgan fingerprint density at radius 2 is 1.61 bits per heavy atom. The number of rotatable bonds is 8. The first-order chi connectivity index (χ1) is 16.8. The molecule has 2 N–H and O–H groups in total. The van der Waals surface area contributed by atoms with Crippen LogP contribution in [0.15, 0.2) is 42.5 Å². The highest BCUT2D eigenvalue weighted by molar-refractivity contribution is 6.34. The summed E-state index contributed by atoms with van der Waals surface area (Å²) in [5.41, 5.74) is 2.14. The van der Waals surface area contributed by atoms with E-state index in [0.29, 0.717) is 16.3 Å². The largest absolute Gasteiger partial charge is 0.444 e. The number of alkyl carbamates (subject to hydrolysis) is 1. The number of hydrogen-bond acceptors (Lipinski definition) is 4. The smallest absolute Gasteiger partial charge is 0.408 e. The summed E-state index contributed by atoms with van der Waals surface area (Å²) < 4.78 is 5.38. The minimum atomic E-state index is -0.943. The Balaban J connectivity index is 2.50. The number of nitrogens with one attached hydrogen (secondary N) is 2. The number of aryl methyl sites for hydroxylation is 2. The lowest BCUT2D eigenvalue weighted by molar-refractivity contribution is -0.141. The molecule has 0 radical (unpaired) electrons. The first kappa shape index (κ1) is 29.2.